The Bertz CT molecular complexity index is 3080. The second-order valence-electron chi connectivity index (χ2n) is 16.4. The lowest BCUT2D eigenvalue weighted by molar-refractivity contribution is 0.438. The first-order valence-electron chi connectivity index (χ1n) is 20.3. The summed E-state index contributed by atoms with van der Waals surface area (Å²) in [4.78, 5) is 2.42. The molecule has 0 saturated carbocycles. The number of hydrogen-bond donors (Lipinski definition) is 0. The van der Waals surface area contributed by atoms with E-state index in [1.54, 1.807) is 0 Å². The van der Waals surface area contributed by atoms with E-state index in [9.17, 15) is 0 Å². The second kappa shape index (κ2) is 12.2. The van der Waals surface area contributed by atoms with Gasteiger partial charge in [-0.15, -0.1) is 0 Å². The van der Waals surface area contributed by atoms with Gasteiger partial charge in [-0.3, -0.25) is 0 Å². The summed E-state index contributed by atoms with van der Waals surface area (Å²) in [6.45, 7) is 4.71. The van der Waals surface area contributed by atoms with Gasteiger partial charge in [0.05, 0.1) is 11.1 Å². The Morgan fingerprint density at radius 3 is 1.62 bits per heavy atom. The summed E-state index contributed by atoms with van der Waals surface area (Å²) in [7, 11) is 0. The average Bonchev–Trinajstić information content (AvgIpc) is 3.69. The number of benzene rings is 9. The molecule has 2 aliphatic carbocycles. The number of anilines is 3. The van der Waals surface area contributed by atoms with Gasteiger partial charge in [-0.25, -0.2) is 0 Å². The summed E-state index contributed by atoms with van der Waals surface area (Å²) >= 11 is 0. The quantitative estimate of drug-likeness (QED) is 0.178. The van der Waals surface area contributed by atoms with Crippen LogP contribution in [0, 0.1) is 0 Å². The van der Waals surface area contributed by atoms with Gasteiger partial charge in [0.25, 0.3) is 0 Å². The fraction of sp³-hybridized carbons (Fsp3) is 0.0714. The maximum Gasteiger partial charge on any atom is 0.156 e. The smallest absolute Gasteiger partial charge is 0.156 e. The molecule has 0 bridgehead atoms. The molecule has 9 aromatic carbocycles. The molecule has 0 atom stereocenters. The summed E-state index contributed by atoms with van der Waals surface area (Å²) in [6.07, 6.45) is 0. The first-order chi connectivity index (χ1) is 28.5. The second-order valence-corrected chi connectivity index (χ2v) is 16.4. The van der Waals surface area contributed by atoms with Gasteiger partial charge in [-0.05, 0) is 109 Å². The van der Waals surface area contributed by atoms with Crippen LogP contribution in [0.5, 0.6) is 11.5 Å². The highest BCUT2D eigenvalue weighted by atomic mass is 16.5. The Labute approximate surface area is 339 Å². The van der Waals surface area contributed by atoms with E-state index in [2.05, 4.69) is 219 Å². The highest BCUT2D eigenvalue weighted by Gasteiger charge is 2.52. The molecule has 0 saturated heterocycles. The van der Waals surface area contributed by atoms with E-state index >= 15 is 0 Å². The molecular weight excluding hydrogens is 703 g/mol. The van der Waals surface area contributed by atoms with Gasteiger partial charge < -0.3 is 9.64 Å². The zero-order valence-corrected chi connectivity index (χ0v) is 32.4. The van der Waals surface area contributed by atoms with Crippen molar-refractivity contribution in [3.8, 4) is 44.9 Å². The third kappa shape index (κ3) is 4.49. The monoisotopic (exact) mass is 741 g/mol. The summed E-state index contributed by atoms with van der Waals surface area (Å²) in [5.74, 6) is 1.75. The Hall–Kier alpha value is -7.16. The van der Waals surface area contributed by atoms with Crippen molar-refractivity contribution in [1.29, 1.82) is 0 Å². The first kappa shape index (κ1) is 33.0. The molecule has 9 aromatic rings. The van der Waals surface area contributed by atoms with Crippen molar-refractivity contribution in [1.82, 2.24) is 0 Å². The molecule has 0 fully saturated rings. The van der Waals surface area contributed by atoms with Crippen molar-refractivity contribution < 1.29 is 4.74 Å². The number of nitrogens with zero attached hydrogens (tertiary/aromatic N) is 1. The van der Waals surface area contributed by atoms with Crippen LogP contribution in [-0.2, 0) is 10.8 Å². The van der Waals surface area contributed by atoms with Crippen LogP contribution in [0.3, 0.4) is 0 Å². The molecule has 0 amide bonds. The van der Waals surface area contributed by atoms with Gasteiger partial charge in [-0.2, -0.15) is 0 Å². The summed E-state index contributed by atoms with van der Waals surface area (Å²) in [5.41, 5.74) is 17.5. The Kier molecular flexibility index (Phi) is 6.93. The third-order valence-corrected chi connectivity index (χ3v) is 13.1. The van der Waals surface area contributed by atoms with E-state index in [-0.39, 0.29) is 5.41 Å². The van der Waals surface area contributed by atoms with Crippen LogP contribution in [0.25, 0.3) is 44.2 Å². The molecule has 1 spiro atoms. The molecule has 12 rings (SSSR count). The molecule has 1 heterocycles. The number of hydrogen-bond acceptors (Lipinski definition) is 2. The molecular formula is C56H39NO. The highest BCUT2D eigenvalue weighted by Crippen LogP contribution is 2.64. The maximum atomic E-state index is 7.39. The van der Waals surface area contributed by atoms with E-state index in [1.807, 2.05) is 0 Å². The van der Waals surface area contributed by atoms with Crippen molar-refractivity contribution >= 4 is 27.8 Å². The number of ether oxygens (including phenoxy) is 1. The van der Waals surface area contributed by atoms with E-state index in [0.717, 1.165) is 39.5 Å². The minimum Gasteiger partial charge on any atom is -0.454 e. The molecule has 3 aliphatic rings. The van der Waals surface area contributed by atoms with Gasteiger partial charge in [0.15, 0.2) is 5.75 Å². The van der Waals surface area contributed by atoms with Gasteiger partial charge in [0, 0.05) is 27.9 Å². The fourth-order valence-corrected chi connectivity index (χ4v) is 10.5. The van der Waals surface area contributed by atoms with Crippen LogP contribution in [0.15, 0.2) is 200 Å². The zero-order chi connectivity index (χ0) is 38.6. The zero-order valence-electron chi connectivity index (χ0n) is 32.4. The lowest BCUT2D eigenvalue weighted by Crippen LogP contribution is -2.32. The molecule has 0 aromatic heterocycles. The van der Waals surface area contributed by atoms with Crippen molar-refractivity contribution in [3.05, 3.63) is 234 Å². The Balaban J connectivity index is 1.14. The molecule has 1 aliphatic heterocycles. The van der Waals surface area contributed by atoms with E-state index in [4.69, 9.17) is 4.74 Å². The third-order valence-electron chi connectivity index (χ3n) is 13.1. The van der Waals surface area contributed by atoms with Crippen LogP contribution in [0.1, 0.15) is 47.2 Å². The number of rotatable bonds is 4. The predicted molar refractivity (Wildman–Crippen MR) is 239 cm³/mol. The van der Waals surface area contributed by atoms with Gasteiger partial charge >= 0.3 is 0 Å². The van der Waals surface area contributed by atoms with Gasteiger partial charge in [0.2, 0.25) is 0 Å². The lowest BCUT2D eigenvalue weighted by Gasteiger charge is -2.41. The van der Waals surface area contributed by atoms with Crippen molar-refractivity contribution in [2.75, 3.05) is 4.90 Å². The van der Waals surface area contributed by atoms with Crippen molar-refractivity contribution in [2.24, 2.45) is 0 Å². The highest BCUT2D eigenvalue weighted by molar-refractivity contribution is 5.95. The minimum absolute atomic E-state index is 0.154. The van der Waals surface area contributed by atoms with Crippen LogP contribution in [0.4, 0.5) is 17.1 Å². The topological polar surface area (TPSA) is 12.5 Å². The van der Waals surface area contributed by atoms with Crippen molar-refractivity contribution in [3.63, 3.8) is 0 Å². The Morgan fingerprint density at radius 1 is 0.379 bits per heavy atom. The lowest BCUT2D eigenvalue weighted by atomic mass is 9.65. The molecule has 274 valence electrons. The van der Waals surface area contributed by atoms with Gasteiger partial charge in [0.1, 0.15) is 5.75 Å². The molecule has 0 radical (unpaired) electrons. The normalized spacial score (nSPS) is 14.4. The fourth-order valence-electron chi connectivity index (χ4n) is 10.5. The molecule has 2 heteroatoms. The molecule has 0 unspecified atom stereocenters. The molecule has 2 nitrogen and oxygen atoms in total. The summed E-state index contributed by atoms with van der Waals surface area (Å²) in [5, 5.41) is 2.36. The van der Waals surface area contributed by atoms with Crippen LogP contribution in [0.2, 0.25) is 0 Å². The standard InChI is InChI=1S/C56H39NO/c1-55(2)46-22-11-8-19-42(46)45-32-31-41(35-50(45)55)57(40-29-27-37(28-30-40)36-15-4-3-5-16-36)52-26-14-25-49-54(52)58-53-34-39-18-7-6-17-38(39)33-51(53)56(49)47-23-12-9-20-43(47)44-21-10-13-24-48(44)56/h3-35H,1-2H3. The number of fused-ring (bicyclic) bond motifs is 13. The van der Waals surface area contributed by atoms with Crippen molar-refractivity contribution in [2.45, 2.75) is 24.7 Å². The minimum atomic E-state index is -0.597. The largest absolute Gasteiger partial charge is 0.454 e. The van der Waals surface area contributed by atoms with Gasteiger partial charge in [-0.1, -0.05) is 172 Å². The van der Waals surface area contributed by atoms with E-state index in [0.29, 0.717) is 0 Å². The van der Waals surface area contributed by atoms with E-state index < -0.39 is 5.41 Å². The first-order valence-corrected chi connectivity index (χ1v) is 20.3. The van der Waals surface area contributed by atoms with E-state index in [1.165, 1.54) is 66.6 Å². The molecule has 58 heavy (non-hydrogen) atoms. The Morgan fingerprint density at radius 2 is 0.914 bits per heavy atom. The average molecular weight is 742 g/mol. The summed E-state index contributed by atoms with van der Waals surface area (Å²) < 4.78 is 7.39. The van der Waals surface area contributed by atoms with Crippen LogP contribution in [-0.4, -0.2) is 0 Å². The predicted octanol–water partition coefficient (Wildman–Crippen LogP) is 14.8. The summed E-state index contributed by atoms with van der Waals surface area (Å²) in [6, 6.07) is 73.5. The van der Waals surface area contributed by atoms with Crippen LogP contribution >= 0.6 is 0 Å². The van der Waals surface area contributed by atoms with Crippen LogP contribution < -0.4 is 9.64 Å². The number of para-hydroxylation sites is 1. The molecule has 0 N–H and O–H groups in total. The maximum absolute atomic E-state index is 7.39. The SMILES string of the molecule is CC1(C)c2ccccc2-c2ccc(N(c3ccc(-c4ccccc4)cc3)c3cccc4c3Oc3cc5ccccc5cc3C43c4ccccc4-c4ccccc43)cc21.